The van der Waals surface area contributed by atoms with Crippen molar-refractivity contribution >= 4 is 23.3 Å². The number of aromatic nitrogens is 1. The molecule has 5 heteroatoms. The van der Waals surface area contributed by atoms with Crippen LogP contribution < -0.4 is 5.32 Å². The number of urea groups is 1. The predicted molar refractivity (Wildman–Crippen MR) is 125 cm³/mol. The highest BCUT2D eigenvalue weighted by Gasteiger charge is 2.24. The molecule has 1 atom stereocenters. The van der Waals surface area contributed by atoms with Gasteiger partial charge < -0.3 is 14.8 Å². The van der Waals surface area contributed by atoms with E-state index < -0.39 is 0 Å². The van der Waals surface area contributed by atoms with Crippen LogP contribution in [0.2, 0.25) is 5.02 Å². The van der Waals surface area contributed by atoms with Crippen LogP contribution in [-0.2, 0) is 13.1 Å². The van der Waals surface area contributed by atoms with E-state index in [0.717, 1.165) is 22.0 Å². The van der Waals surface area contributed by atoms with Crippen molar-refractivity contribution < 1.29 is 4.79 Å². The molecule has 30 heavy (non-hydrogen) atoms. The average molecular weight is 424 g/mol. The van der Waals surface area contributed by atoms with Gasteiger partial charge in [0, 0.05) is 35.2 Å². The third-order valence-corrected chi connectivity index (χ3v) is 5.75. The lowest BCUT2D eigenvalue weighted by Crippen LogP contribution is -2.43. The number of aryl methyl sites for hydroxylation is 1. The summed E-state index contributed by atoms with van der Waals surface area (Å²) in [5.41, 5.74) is 4.19. The second-order valence-corrected chi connectivity index (χ2v) is 8.60. The summed E-state index contributed by atoms with van der Waals surface area (Å²) in [6, 6.07) is 19.9. The van der Waals surface area contributed by atoms with Gasteiger partial charge in [0.25, 0.3) is 0 Å². The maximum Gasteiger partial charge on any atom is 0.322 e. The third kappa shape index (κ3) is 5.67. The van der Waals surface area contributed by atoms with Gasteiger partial charge in [-0.3, -0.25) is 0 Å². The van der Waals surface area contributed by atoms with Crippen molar-refractivity contribution in [1.29, 1.82) is 0 Å². The lowest BCUT2D eigenvalue weighted by atomic mass is 10.0. The highest BCUT2D eigenvalue weighted by Crippen LogP contribution is 2.19. The quantitative estimate of drug-likeness (QED) is 0.458. The number of hydrogen-bond acceptors (Lipinski definition) is 1. The Kier molecular flexibility index (Phi) is 7.22. The van der Waals surface area contributed by atoms with Crippen molar-refractivity contribution in [3.8, 4) is 0 Å². The molecule has 1 aromatic heterocycles. The topological polar surface area (TPSA) is 37.3 Å². The zero-order chi connectivity index (χ0) is 21.7. The van der Waals surface area contributed by atoms with Crippen LogP contribution in [0.3, 0.4) is 0 Å². The molecule has 0 aliphatic carbocycles. The molecule has 0 spiro atoms. The summed E-state index contributed by atoms with van der Waals surface area (Å²) in [5, 5.41) is 3.78. The van der Waals surface area contributed by atoms with Gasteiger partial charge in [-0.25, -0.2) is 4.79 Å². The van der Waals surface area contributed by atoms with E-state index in [1.165, 1.54) is 5.56 Å². The van der Waals surface area contributed by atoms with Gasteiger partial charge in [0.1, 0.15) is 0 Å². The Bertz CT molecular complexity index is 978. The van der Waals surface area contributed by atoms with Crippen LogP contribution in [0.5, 0.6) is 0 Å². The first-order valence-electron chi connectivity index (χ1n) is 10.4. The van der Waals surface area contributed by atoms with Gasteiger partial charge in [0.15, 0.2) is 0 Å². The van der Waals surface area contributed by atoms with Crippen LogP contribution in [0, 0.1) is 12.8 Å². The van der Waals surface area contributed by atoms with E-state index in [4.69, 9.17) is 11.6 Å². The zero-order valence-electron chi connectivity index (χ0n) is 18.1. The van der Waals surface area contributed by atoms with Gasteiger partial charge in [-0.1, -0.05) is 55.3 Å². The summed E-state index contributed by atoms with van der Waals surface area (Å²) in [6.07, 6.45) is 2.05. The van der Waals surface area contributed by atoms with Crippen LogP contribution in [0.15, 0.2) is 66.9 Å². The molecule has 3 rings (SSSR count). The predicted octanol–water partition coefficient (Wildman–Crippen LogP) is 6.58. The van der Waals surface area contributed by atoms with Crippen molar-refractivity contribution in [3.05, 3.63) is 88.7 Å². The SMILES string of the molecule is Cc1ccc(NC(=O)N(Cc2cccn2Cc2cccc(Cl)c2)C(C)C(C)C)cc1. The van der Waals surface area contributed by atoms with E-state index in [1.807, 2.05) is 66.6 Å². The molecule has 0 saturated carbocycles. The minimum atomic E-state index is -0.0874. The first-order valence-corrected chi connectivity index (χ1v) is 10.7. The van der Waals surface area contributed by atoms with E-state index in [-0.39, 0.29) is 12.1 Å². The van der Waals surface area contributed by atoms with Crippen LogP contribution in [0.25, 0.3) is 0 Å². The minimum absolute atomic E-state index is 0.0874. The molecule has 0 bridgehead atoms. The summed E-state index contributed by atoms with van der Waals surface area (Å²) in [6.45, 7) is 9.66. The molecule has 3 aromatic rings. The van der Waals surface area contributed by atoms with E-state index in [0.29, 0.717) is 19.0 Å². The summed E-state index contributed by atoms with van der Waals surface area (Å²) in [4.78, 5) is 15.1. The monoisotopic (exact) mass is 423 g/mol. The number of anilines is 1. The van der Waals surface area contributed by atoms with Crippen molar-refractivity contribution in [3.63, 3.8) is 0 Å². The van der Waals surface area contributed by atoms with Crippen molar-refractivity contribution in [2.75, 3.05) is 5.32 Å². The maximum absolute atomic E-state index is 13.2. The van der Waals surface area contributed by atoms with Crippen molar-refractivity contribution in [2.45, 2.75) is 46.8 Å². The molecule has 0 radical (unpaired) electrons. The number of halogens is 1. The van der Waals surface area contributed by atoms with Crippen LogP contribution in [-0.4, -0.2) is 21.5 Å². The van der Waals surface area contributed by atoms with E-state index in [9.17, 15) is 4.79 Å². The first kappa shape index (κ1) is 22.0. The average Bonchev–Trinajstić information content (AvgIpc) is 3.14. The highest BCUT2D eigenvalue weighted by molar-refractivity contribution is 6.30. The zero-order valence-corrected chi connectivity index (χ0v) is 18.9. The summed E-state index contributed by atoms with van der Waals surface area (Å²) in [5.74, 6) is 0.338. The van der Waals surface area contributed by atoms with Crippen molar-refractivity contribution in [2.24, 2.45) is 5.92 Å². The molecule has 1 N–H and O–H groups in total. The van der Waals surface area contributed by atoms with Gasteiger partial charge in [-0.15, -0.1) is 0 Å². The largest absolute Gasteiger partial charge is 0.345 e. The van der Waals surface area contributed by atoms with Crippen LogP contribution >= 0.6 is 11.6 Å². The van der Waals surface area contributed by atoms with Gasteiger partial charge in [-0.2, -0.15) is 0 Å². The summed E-state index contributed by atoms with van der Waals surface area (Å²) >= 11 is 6.14. The number of hydrogen-bond donors (Lipinski definition) is 1. The number of nitrogens with zero attached hydrogens (tertiary/aromatic N) is 2. The second-order valence-electron chi connectivity index (χ2n) is 8.17. The number of nitrogens with one attached hydrogen (secondary N) is 1. The molecule has 0 saturated heterocycles. The fourth-order valence-corrected chi connectivity index (χ4v) is 3.56. The molecule has 0 aliphatic heterocycles. The Morgan fingerprint density at radius 2 is 1.80 bits per heavy atom. The summed E-state index contributed by atoms with van der Waals surface area (Å²) in [7, 11) is 0. The smallest absolute Gasteiger partial charge is 0.322 e. The highest BCUT2D eigenvalue weighted by atomic mass is 35.5. The number of carbonyl (C=O) groups is 1. The standard InChI is InChI=1S/C25H30ClN3O/c1-18(2)20(4)29(25(30)27-23-12-10-19(3)11-13-23)17-24-9-6-14-28(24)16-21-7-5-8-22(26)15-21/h5-15,18,20H,16-17H2,1-4H3,(H,27,30). The molecule has 158 valence electrons. The molecule has 2 amide bonds. The van der Waals surface area contributed by atoms with Crippen LogP contribution in [0.1, 0.15) is 37.6 Å². The van der Waals surface area contributed by atoms with Crippen molar-refractivity contribution in [1.82, 2.24) is 9.47 Å². The van der Waals surface area contributed by atoms with Gasteiger partial charge in [0.05, 0.1) is 6.54 Å². The molecule has 4 nitrogen and oxygen atoms in total. The lowest BCUT2D eigenvalue weighted by Gasteiger charge is -2.32. The fourth-order valence-electron chi connectivity index (χ4n) is 3.35. The molecular weight excluding hydrogens is 394 g/mol. The summed E-state index contributed by atoms with van der Waals surface area (Å²) < 4.78 is 2.17. The number of benzene rings is 2. The Labute approximate surface area is 184 Å². The van der Waals surface area contributed by atoms with Crippen LogP contribution in [0.4, 0.5) is 10.5 Å². The Balaban J connectivity index is 1.79. The fraction of sp³-hybridized carbons (Fsp3) is 0.320. The van der Waals surface area contributed by atoms with Gasteiger partial charge in [-0.05, 0) is 61.7 Å². The molecule has 2 aromatic carbocycles. The molecule has 0 fully saturated rings. The molecule has 1 unspecified atom stereocenters. The number of amides is 2. The maximum atomic E-state index is 13.2. The second kappa shape index (κ2) is 9.86. The molecular formula is C25H30ClN3O. The first-order chi connectivity index (χ1) is 14.3. The Morgan fingerprint density at radius 1 is 1.07 bits per heavy atom. The van der Waals surface area contributed by atoms with Gasteiger partial charge in [0.2, 0.25) is 0 Å². The molecule has 1 heterocycles. The van der Waals surface area contributed by atoms with E-state index in [1.54, 1.807) is 0 Å². The lowest BCUT2D eigenvalue weighted by molar-refractivity contribution is 0.168. The normalized spacial score (nSPS) is 12.1. The van der Waals surface area contributed by atoms with E-state index >= 15 is 0 Å². The van der Waals surface area contributed by atoms with Gasteiger partial charge >= 0.3 is 6.03 Å². The Hall–Kier alpha value is -2.72. The number of carbonyl (C=O) groups excluding carboxylic acids is 1. The third-order valence-electron chi connectivity index (χ3n) is 5.52. The Morgan fingerprint density at radius 3 is 2.47 bits per heavy atom. The molecule has 0 aliphatic rings. The minimum Gasteiger partial charge on any atom is -0.345 e. The van der Waals surface area contributed by atoms with E-state index in [2.05, 4.69) is 42.8 Å². The number of rotatable bonds is 7.